The van der Waals surface area contributed by atoms with E-state index in [4.69, 9.17) is 4.42 Å². The van der Waals surface area contributed by atoms with E-state index < -0.39 is 10.0 Å². The summed E-state index contributed by atoms with van der Waals surface area (Å²) in [6, 6.07) is 2.29. The van der Waals surface area contributed by atoms with Crippen LogP contribution < -0.4 is 5.32 Å². The molecule has 0 aliphatic carbocycles. The molecular weight excluding hydrogens is 264 g/mol. The number of nitrogens with one attached hydrogen (secondary N) is 1. The van der Waals surface area contributed by atoms with Crippen LogP contribution in [-0.4, -0.2) is 38.1 Å². The van der Waals surface area contributed by atoms with E-state index in [0.29, 0.717) is 31.6 Å². The van der Waals surface area contributed by atoms with Crippen LogP contribution in [0.25, 0.3) is 0 Å². The summed E-state index contributed by atoms with van der Waals surface area (Å²) in [5.41, 5.74) is 1.15. The van der Waals surface area contributed by atoms with Gasteiger partial charge in [0.2, 0.25) is 10.0 Å². The van der Waals surface area contributed by atoms with Gasteiger partial charge in [0.1, 0.15) is 5.76 Å². The molecule has 6 heteroatoms. The number of hydrogen-bond donors (Lipinski definition) is 1. The van der Waals surface area contributed by atoms with E-state index in [2.05, 4.69) is 12.2 Å². The molecule has 2 atom stereocenters. The Morgan fingerprint density at radius 1 is 1.53 bits per heavy atom. The van der Waals surface area contributed by atoms with Gasteiger partial charge in [-0.3, -0.25) is 0 Å². The summed E-state index contributed by atoms with van der Waals surface area (Å²) >= 11 is 0. The first-order valence-corrected chi connectivity index (χ1v) is 8.44. The van der Waals surface area contributed by atoms with Crippen LogP contribution in [0, 0.1) is 12.8 Å². The molecule has 19 heavy (non-hydrogen) atoms. The number of sulfonamides is 1. The topological polar surface area (TPSA) is 62.6 Å². The van der Waals surface area contributed by atoms with Crippen molar-refractivity contribution in [2.45, 2.75) is 32.9 Å². The van der Waals surface area contributed by atoms with E-state index in [9.17, 15) is 8.42 Å². The zero-order valence-corrected chi connectivity index (χ0v) is 12.5. The van der Waals surface area contributed by atoms with Gasteiger partial charge in [0.15, 0.2) is 0 Å². The first-order chi connectivity index (χ1) is 8.88. The third-order valence-corrected chi connectivity index (χ3v) is 5.10. The average Bonchev–Trinajstić information content (AvgIpc) is 2.72. The Kier molecular flexibility index (Phi) is 4.32. The maximum absolute atomic E-state index is 11.5. The zero-order chi connectivity index (χ0) is 14.0. The van der Waals surface area contributed by atoms with E-state index in [1.54, 1.807) is 10.6 Å². The maximum atomic E-state index is 11.5. The van der Waals surface area contributed by atoms with Gasteiger partial charge in [-0.1, -0.05) is 6.92 Å². The highest BCUT2D eigenvalue weighted by atomic mass is 32.2. The molecule has 1 saturated heterocycles. The van der Waals surface area contributed by atoms with Crippen molar-refractivity contribution in [3.8, 4) is 0 Å². The van der Waals surface area contributed by atoms with Crippen LogP contribution in [-0.2, 0) is 16.6 Å². The summed E-state index contributed by atoms with van der Waals surface area (Å²) in [6.07, 6.45) is 3.82. The monoisotopic (exact) mass is 286 g/mol. The highest BCUT2D eigenvalue weighted by Crippen LogP contribution is 2.19. The molecule has 1 aromatic rings. The van der Waals surface area contributed by atoms with Crippen LogP contribution in [0.1, 0.15) is 24.7 Å². The molecule has 2 heterocycles. The lowest BCUT2D eigenvalue weighted by Gasteiger charge is -2.35. The molecule has 0 aromatic carbocycles. The van der Waals surface area contributed by atoms with E-state index >= 15 is 0 Å². The predicted octanol–water partition coefficient (Wildman–Crippen LogP) is 1.35. The third kappa shape index (κ3) is 3.58. The molecule has 0 unspecified atom stereocenters. The highest BCUT2D eigenvalue weighted by Gasteiger charge is 2.30. The van der Waals surface area contributed by atoms with Crippen LogP contribution in [0.2, 0.25) is 0 Å². The lowest BCUT2D eigenvalue weighted by molar-refractivity contribution is 0.217. The number of nitrogens with zero attached hydrogens (tertiary/aromatic N) is 1. The Morgan fingerprint density at radius 3 is 2.79 bits per heavy atom. The van der Waals surface area contributed by atoms with E-state index in [-0.39, 0.29) is 0 Å². The SMILES string of the molecule is Cc1ccoc1CN[C@H]1CCN(S(C)(=O)=O)C[C@H]1C. The van der Waals surface area contributed by atoms with Gasteiger partial charge in [0, 0.05) is 19.1 Å². The van der Waals surface area contributed by atoms with Crippen molar-refractivity contribution in [3.05, 3.63) is 23.7 Å². The molecule has 0 saturated carbocycles. The third-order valence-electron chi connectivity index (χ3n) is 3.83. The summed E-state index contributed by atoms with van der Waals surface area (Å²) in [6.45, 7) is 6.00. The standard InChI is InChI=1S/C13H22N2O3S/c1-10-5-7-18-13(10)8-14-12-4-6-15(9-11(12)2)19(3,16)17/h5,7,11-12,14H,4,6,8-9H2,1-3H3/t11-,12+/m1/s1. The molecule has 0 bridgehead atoms. The summed E-state index contributed by atoms with van der Waals surface area (Å²) < 4.78 is 30.0. The second kappa shape index (κ2) is 5.64. The molecule has 1 fully saturated rings. The van der Waals surface area contributed by atoms with Gasteiger partial charge in [-0.25, -0.2) is 12.7 Å². The number of piperidine rings is 1. The Labute approximate surface area is 115 Å². The molecule has 0 amide bonds. The van der Waals surface area contributed by atoms with Crippen LogP contribution in [0.15, 0.2) is 16.7 Å². The number of furan rings is 1. The lowest BCUT2D eigenvalue weighted by Crippen LogP contribution is -2.49. The molecule has 0 radical (unpaired) electrons. The van der Waals surface area contributed by atoms with Crippen LogP contribution in [0.5, 0.6) is 0 Å². The number of aryl methyl sites for hydroxylation is 1. The fourth-order valence-electron chi connectivity index (χ4n) is 2.52. The Morgan fingerprint density at radius 2 is 2.26 bits per heavy atom. The smallest absolute Gasteiger partial charge is 0.211 e. The predicted molar refractivity (Wildman–Crippen MR) is 74.3 cm³/mol. The van der Waals surface area contributed by atoms with E-state index in [1.165, 1.54) is 6.26 Å². The second-order valence-corrected chi connectivity index (χ2v) is 7.38. The van der Waals surface area contributed by atoms with Crippen molar-refractivity contribution in [1.82, 2.24) is 9.62 Å². The molecular formula is C13H22N2O3S. The summed E-state index contributed by atoms with van der Waals surface area (Å²) in [4.78, 5) is 0. The van der Waals surface area contributed by atoms with Crippen molar-refractivity contribution in [2.75, 3.05) is 19.3 Å². The fraction of sp³-hybridized carbons (Fsp3) is 0.692. The van der Waals surface area contributed by atoms with Crippen molar-refractivity contribution in [3.63, 3.8) is 0 Å². The number of hydrogen-bond acceptors (Lipinski definition) is 4. The van der Waals surface area contributed by atoms with Gasteiger partial charge in [-0.05, 0) is 30.9 Å². The van der Waals surface area contributed by atoms with Gasteiger partial charge in [0.25, 0.3) is 0 Å². The van der Waals surface area contributed by atoms with Gasteiger partial charge in [-0.15, -0.1) is 0 Å². The quantitative estimate of drug-likeness (QED) is 0.907. The molecule has 108 valence electrons. The normalized spacial score (nSPS) is 25.6. The summed E-state index contributed by atoms with van der Waals surface area (Å²) in [5, 5.41) is 3.47. The minimum Gasteiger partial charge on any atom is -0.468 e. The maximum Gasteiger partial charge on any atom is 0.211 e. The molecule has 5 nitrogen and oxygen atoms in total. The largest absolute Gasteiger partial charge is 0.468 e. The van der Waals surface area contributed by atoms with E-state index in [1.807, 2.05) is 13.0 Å². The van der Waals surface area contributed by atoms with Crippen LogP contribution in [0.3, 0.4) is 0 Å². The average molecular weight is 286 g/mol. The van der Waals surface area contributed by atoms with Gasteiger partial charge >= 0.3 is 0 Å². The lowest BCUT2D eigenvalue weighted by atomic mass is 9.95. The van der Waals surface area contributed by atoms with Crippen molar-refractivity contribution >= 4 is 10.0 Å². The fourth-order valence-corrected chi connectivity index (χ4v) is 3.46. The Balaban J connectivity index is 1.89. The molecule has 1 aliphatic heterocycles. The van der Waals surface area contributed by atoms with Crippen LogP contribution in [0.4, 0.5) is 0 Å². The van der Waals surface area contributed by atoms with E-state index in [0.717, 1.165) is 17.7 Å². The summed E-state index contributed by atoms with van der Waals surface area (Å²) in [5.74, 6) is 1.26. The molecule has 1 aliphatic rings. The van der Waals surface area contributed by atoms with Gasteiger partial charge in [0.05, 0.1) is 19.1 Å². The molecule has 2 rings (SSSR count). The van der Waals surface area contributed by atoms with Crippen LogP contribution >= 0.6 is 0 Å². The van der Waals surface area contributed by atoms with Crippen molar-refractivity contribution in [1.29, 1.82) is 0 Å². The second-order valence-electron chi connectivity index (χ2n) is 5.40. The first-order valence-electron chi connectivity index (χ1n) is 6.59. The minimum absolute atomic E-state index is 0.304. The van der Waals surface area contributed by atoms with Gasteiger partial charge in [-0.2, -0.15) is 0 Å². The van der Waals surface area contributed by atoms with Crippen molar-refractivity contribution < 1.29 is 12.8 Å². The molecule has 1 aromatic heterocycles. The Hall–Kier alpha value is -0.850. The molecule has 0 spiro atoms. The summed E-state index contributed by atoms with van der Waals surface area (Å²) in [7, 11) is -3.06. The number of rotatable bonds is 4. The first kappa shape index (κ1) is 14.6. The van der Waals surface area contributed by atoms with Gasteiger partial charge < -0.3 is 9.73 Å². The highest BCUT2D eigenvalue weighted by molar-refractivity contribution is 7.88. The minimum atomic E-state index is -3.06. The Bertz CT molecular complexity index is 524. The zero-order valence-electron chi connectivity index (χ0n) is 11.7. The van der Waals surface area contributed by atoms with Crippen molar-refractivity contribution in [2.24, 2.45) is 5.92 Å². The molecule has 1 N–H and O–H groups in total.